The average Bonchev–Trinajstić information content (AvgIpc) is 2.58. The zero-order chi connectivity index (χ0) is 17.1. The number of hydrogen-bond donors (Lipinski definition) is 1. The van der Waals surface area contributed by atoms with Crippen LogP contribution in [0.15, 0.2) is 57.9 Å². The van der Waals surface area contributed by atoms with Gasteiger partial charge < -0.3 is 9.72 Å². The van der Waals surface area contributed by atoms with Crippen molar-refractivity contribution >= 4 is 32.8 Å². The quantitative estimate of drug-likeness (QED) is 0.688. The number of carbonyl (C=O) groups excluding carboxylic acids is 1. The topological polar surface area (TPSA) is 59.2 Å². The van der Waals surface area contributed by atoms with Crippen LogP contribution in [0.4, 0.5) is 0 Å². The molecule has 0 saturated carbocycles. The van der Waals surface area contributed by atoms with Gasteiger partial charge in [-0.25, -0.2) is 4.79 Å². The lowest BCUT2D eigenvalue weighted by Gasteiger charge is -2.08. The number of nitrogens with one attached hydrogen (secondary N) is 1. The molecule has 3 rings (SSSR count). The van der Waals surface area contributed by atoms with Crippen LogP contribution in [0.2, 0.25) is 0 Å². The molecule has 5 heteroatoms. The van der Waals surface area contributed by atoms with Crippen LogP contribution in [0, 0.1) is 0 Å². The predicted molar refractivity (Wildman–Crippen MR) is 97.5 cm³/mol. The molecule has 4 nitrogen and oxygen atoms in total. The van der Waals surface area contributed by atoms with Gasteiger partial charge in [-0.05, 0) is 36.6 Å². The van der Waals surface area contributed by atoms with E-state index in [2.05, 4.69) is 33.0 Å². The molecule has 0 aliphatic carbocycles. The van der Waals surface area contributed by atoms with E-state index >= 15 is 0 Å². The number of fused-ring (bicyclic) bond motifs is 1. The molecule has 1 aromatic heterocycles. The number of hydrogen-bond acceptors (Lipinski definition) is 3. The fourth-order valence-electron chi connectivity index (χ4n) is 2.60. The Labute approximate surface area is 147 Å². The summed E-state index contributed by atoms with van der Waals surface area (Å²) in [6.07, 6.45) is 2.17. The molecule has 0 spiro atoms. The molecule has 1 N–H and O–H groups in total. The van der Waals surface area contributed by atoms with Gasteiger partial charge in [-0.1, -0.05) is 46.3 Å². The summed E-state index contributed by atoms with van der Waals surface area (Å²) in [4.78, 5) is 27.4. The van der Waals surface area contributed by atoms with Crippen LogP contribution in [0.1, 0.15) is 28.4 Å². The van der Waals surface area contributed by atoms with Crippen LogP contribution >= 0.6 is 15.9 Å². The predicted octanol–water partition coefficient (Wildman–Crippen LogP) is 4.06. The van der Waals surface area contributed by atoms with Crippen molar-refractivity contribution in [3.8, 4) is 0 Å². The fourth-order valence-corrected chi connectivity index (χ4v) is 3.08. The number of pyridine rings is 1. The highest BCUT2D eigenvalue weighted by Gasteiger charge is 2.15. The van der Waals surface area contributed by atoms with Crippen LogP contribution in [0.25, 0.3) is 10.9 Å². The highest BCUT2D eigenvalue weighted by atomic mass is 79.9. The molecule has 0 bridgehead atoms. The van der Waals surface area contributed by atoms with Gasteiger partial charge in [0.25, 0.3) is 0 Å². The summed E-state index contributed by atoms with van der Waals surface area (Å²) in [6.45, 7) is 1.94. The van der Waals surface area contributed by atoms with Crippen molar-refractivity contribution in [2.45, 2.75) is 13.3 Å². The summed E-state index contributed by atoms with van der Waals surface area (Å²) in [5.74, 6) is -0.606. The molecular formula is C19H16BrNO3. The Morgan fingerprint density at radius 2 is 1.96 bits per heavy atom. The Kier molecular flexibility index (Phi) is 4.81. The minimum Gasteiger partial charge on any atom is -0.462 e. The molecule has 0 amide bonds. The van der Waals surface area contributed by atoms with Crippen LogP contribution in [-0.4, -0.2) is 17.6 Å². The zero-order valence-corrected chi connectivity index (χ0v) is 14.7. The molecule has 122 valence electrons. The first-order valence-electron chi connectivity index (χ1n) is 7.65. The van der Waals surface area contributed by atoms with Crippen molar-refractivity contribution in [2.24, 2.45) is 0 Å². The van der Waals surface area contributed by atoms with Crippen LogP contribution in [0.5, 0.6) is 0 Å². The van der Waals surface area contributed by atoms with E-state index in [9.17, 15) is 9.59 Å². The first kappa shape index (κ1) is 16.5. The number of esters is 1. The maximum absolute atomic E-state index is 12.5. The molecule has 0 atom stereocenters. The van der Waals surface area contributed by atoms with E-state index < -0.39 is 5.97 Å². The molecule has 0 aliphatic rings. The Hall–Kier alpha value is -2.40. The van der Waals surface area contributed by atoms with Crippen LogP contribution in [-0.2, 0) is 11.2 Å². The lowest BCUT2D eigenvalue weighted by molar-refractivity contribution is 0.0524. The fraction of sp³-hybridized carbons (Fsp3) is 0.158. The van der Waals surface area contributed by atoms with E-state index in [1.165, 1.54) is 11.8 Å². The Bertz CT molecular complexity index is 948. The minimum atomic E-state index is -0.606. The first-order chi connectivity index (χ1) is 11.6. The van der Waals surface area contributed by atoms with E-state index in [1.54, 1.807) is 13.0 Å². The van der Waals surface area contributed by atoms with Crippen molar-refractivity contribution in [2.75, 3.05) is 6.61 Å². The van der Waals surface area contributed by atoms with Gasteiger partial charge in [0.2, 0.25) is 5.43 Å². The standard InChI is InChI=1S/C19H16BrNO3/c1-2-24-19(23)15-11-21-17-9-13(8-12-6-4-3-5-7-12)16(20)10-14(17)18(15)22/h3-7,9-11H,2,8H2,1H3,(H,21,22). The monoisotopic (exact) mass is 385 g/mol. The number of halogens is 1. The number of aromatic nitrogens is 1. The molecule has 0 fully saturated rings. The maximum Gasteiger partial charge on any atom is 0.343 e. The second-order valence-corrected chi connectivity index (χ2v) is 6.26. The normalized spacial score (nSPS) is 10.8. The third kappa shape index (κ3) is 3.26. The third-order valence-corrected chi connectivity index (χ3v) is 4.52. The van der Waals surface area contributed by atoms with Gasteiger partial charge in [0.05, 0.1) is 6.61 Å². The smallest absolute Gasteiger partial charge is 0.343 e. The molecule has 0 saturated heterocycles. The second-order valence-electron chi connectivity index (χ2n) is 5.40. The van der Waals surface area contributed by atoms with Gasteiger partial charge in [0.1, 0.15) is 5.56 Å². The lowest BCUT2D eigenvalue weighted by Crippen LogP contribution is -2.18. The van der Waals surface area contributed by atoms with Gasteiger partial charge in [-0.15, -0.1) is 0 Å². The summed E-state index contributed by atoms with van der Waals surface area (Å²) in [5.41, 5.74) is 2.64. The molecule has 0 aliphatic heterocycles. The molecule has 0 radical (unpaired) electrons. The van der Waals surface area contributed by atoms with Crippen molar-refractivity contribution in [3.05, 3.63) is 80.0 Å². The highest BCUT2D eigenvalue weighted by Crippen LogP contribution is 2.24. The van der Waals surface area contributed by atoms with Crippen molar-refractivity contribution < 1.29 is 9.53 Å². The largest absolute Gasteiger partial charge is 0.462 e. The zero-order valence-electron chi connectivity index (χ0n) is 13.1. The van der Waals surface area contributed by atoms with Crippen molar-refractivity contribution in [1.29, 1.82) is 0 Å². The number of aromatic amines is 1. The Morgan fingerprint density at radius 3 is 2.67 bits per heavy atom. The van der Waals surface area contributed by atoms with Gasteiger partial charge in [-0.2, -0.15) is 0 Å². The van der Waals surface area contributed by atoms with Gasteiger partial charge >= 0.3 is 5.97 Å². The summed E-state index contributed by atoms with van der Waals surface area (Å²) >= 11 is 3.53. The molecule has 1 heterocycles. The lowest BCUT2D eigenvalue weighted by atomic mass is 10.0. The Morgan fingerprint density at radius 1 is 1.21 bits per heavy atom. The summed E-state index contributed by atoms with van der Waals surface area (Å²) < 4.78 is 5.76. The molecule has 24 heavy (non-hydrogen) atoms. The third-order valence-electron chi connectivity index (χ3n) is 3.78. The van der Waals surface area contributed by atoms with E-state index in [0.717, 1.165) is 16.5 Å². The number of H-pyrrole nitrogens is 1. The molecule has 2 aromatic carbocycles. The summed E-state index contributed by atoms with van der Waals surface area (Å²) in [6, 6.07) is 13.8. The molecular weight excluding hydrogens is 370 g/mol. The number of rotatable bonds is 4. The minimum absolute atomic E-state index is 0.0204. The SMILES string of the molecule is CCOC(=O)c1c[nH]c2cc(Cc3ccccc3)c(Br)cc2c1=O. The van der Waals surface area contributed by atoms with Crippen molar-refractivity contribution in [3.63, 3.8) is 0 Å². The highest BCUT2D eigenvalue weighted by molar-refractivity contribution is 9.10. The van der Waals surface area contributed by atoms with E-state index in [4.69, 9.17) is 4.74 Å². The molecule has 3 aromatic rings. The number of ether oxygens (including phenoxy) is 1. The number of benzene rings is 2. The first-order valence-corrected chi connectivity index (χ1v) is 8.44. The summed E-state index contributed by atoms with van der Waals surface area (Å²) in [5, 5.41) is 0.462. The van der Waals surface area contributed by atoms with Crippen LogP contribution in [0.3, 0.4) is 0 Å². The van der Waals surface area contributed by atoms with E-state index in [0.29, 0.717) is 10.9 Å². The van der Waals surface area contributed by atoms with Gasteiger partial charge in [0, 0.05) is 21.6 Å². The van der Waals surface area contributed by atoms with E-state index in [-0.39, 0.29) is 17.6 Å². The maximum atomic E-state index is 12.5. The Balaban J connectivity index is 2.05. The molecule has 0 unspecified atom stereocenters. The second kappa shape index (κ2) is 7.01. The van der Waals surface area contributed by atoms with E-state index in [1.807, 2.05) is 24.3 Å². The average molecular weight is 386 g/mol. The number of carbonyl (C=O) groups is 1. The van der Waals surface area contributed by atoms with Gasteiger partial charge in [-0.3, -0.25) is 4.79 Å². The summed E-state index contributed by atoms with van der Waals surface area (Å²) in [7, 11) is 0. The van der Waals surface area contributed by atoms with Crippen LogP contribution < -0.4 is 5.43 Å². The van der Waals surface area contributed by atoms with Crippen molar-refractivity contribution in [1.82, 2.24) is 4.98 Å². The van der Waals surface area contributed by atoms with Gasteiger partial charge in [0.15, 0.2) is 0 Å².